The third kappa shape index (κ3) is 4.59. The molecule has 156 valence electrons. The summed E-state index contributed by atoms with van der Waals surface area (Å²) >= 11 is 0. The van der Waals surface area contributed by atoms with Crippen LogP contribution >= 0.6 is 0 Å². The van der Waals surface area contributed by atoms with E-state index in [4.69, 9.17) is 0 Å². The van der Waals surface area contributed by atoms with Crippen molar-refractivity contribution in [2.24, 2.45) is 0 Å². The van der Waals surface area contributed by atoms with Gasteiger partial charge in [0.15, 0.2) is 5.69 Å². The van der Waals surface area contributed by atoms with E-state index in [1.165, 1.54) is 42.1 Å². The van der Waals surface area contributed by atoms with E-state index in [1.807, 2.05) is 6.92 Å². The minimum Gasteiger partial charge on any atom is -0.465 e. The van der Waals surface area contributed by atoms with Crippen molar-refractivity contribution in [1.29, 1.82) is 0 Å². The molecule has 0 saturated heterocycles. The van der Waals surface area contributed by atoms with Crippen molar-refractivity contribution < 1.29 is 27.8 Å². The molecule has 30 heavy (non-hydrogen) atoms. The fourth-order valence-corrected chi connectivity index (χ4v) is 2.80. The van der Waals surface area contributed by atoms with E-state index in [0.29, 0.717) is 29.1 Å². The summed E-state index contributed by atoms with van der Waals surface area (Å²) in [6.45, 7) is -1.08. The molecule has 0 atom stereocenters. The normalized spacial score (nSPS) is 10.7. The predicted octanol–water partition coefficient (Wildman–Crippen LogP) is 3.47. The van der Waals surface area contributed by atoms with E-state index in [1.54, 1.807) is 18.2 Å². The molecule has 1 N–H and O–H groups in total. The highest BCUT2D eigenvalue weighted by Gasteiger charge is 2.20. The number of carbonyl (C=O) groups excluding carboxylic acids is 2. The van der Waals surface area contributed by atoms with Crippen molar-refractivity contribution in [3.8, 4) is 11.4 Å². The number of anilines is 1. The number of ether oxygens (including phenoxy) is 2. The van der Waals surface area contributed by atoms with Crippen molar-refractivity contribution >= 4 is 17.6 Å². The van der Waals surface area contributed by atoms with Crippen LogP contribution in [0.15, 0.2) is 48.5 Å². The molecule has 0 saturated carbocycles. The van der Waals surface area contributed by atoms with E-state index < -0.39 is 18.5 Å². The monoisotopic (exact) mass is 416 g/mol. The van der Waals surface area contributed by atoms with Gasteiger partial charge in [0, 0.05) is 5.69 Å². The second-order valence-electron chi connectivity index (χ2n) is 6.05. The second kappa shape index (κ2) is 9.12. The molecule has 0 unspecified atom stereocenters. The maximum atomic E-state index is 12.7. The maximum absolute atomic E-state index is 12.7. The molecule has 3 rings (SSSR count). The number of alkyl halides is 2. The molecule has 1 amide bonds. The Morgan fingerprint density at radius 3 is 2.53 bits per heavy atom. The summed E-state index contributed by atoms with van der Waals surface area (Å²) < 4.78 is 35.1. The zero-order valence-electron chi connectivity index (χ0n) is 16.1. The lowest BCUT2D eigenvalue weighted by Crippen LogP contribution is -2.15. The van der Waals surface area contributed by atoms with Gasteiger partial charge in [-0.15, -0.1) is 5.10 Å². The van der Waals surface area contributed by atoms with Crippen LogP contribution in [-0.4, -0.2) is 40.6 Å². The number of methoxy groups -OCH3 is 1. The van der Waals surface area contributed by atoms with E-state index in [2.05, 4.69) is 25.1 Å². The van der Waals surface area contributed by atoms with Gasteiger partial charge in [0.05, 0.1) is 24.1 Å². The molecule has 0 bridgehead atoms. The molecular formula is C20H18F2N4O4. The summed E-state index contributed by atoms with van der Waals surface area (Å²) in [5, 5.41) is 10.7. The molecule has 0 aliphatic rings. The molecule has 3 aromatic rings. The fourth-order valence-electron chi connectivity index (χ4n) is 2.80. The quantitative estimate of drug-likeness (QED) is 0.593. The minimum atomic E-state index is -2.92. The van der Waals surface area contributed by atoms with Crippen molar-refractivity contribution in [1.82, 2.24) is 15.0 Å². The number of hydrogen-bond donors (Lipinski definition) is 1. The second-order valence-corrected chi connectivity index (χ2v) is 6.05. The molecule has 0 spiro atoms. The Morgan fingerprint density at radius 2 is 1.90 bits per heavy atom. The van der Waals surface area contributed by atoms with Crippen LogP contribution in [0, 0.1) is 0 Å². The summed E-state index contributed by atoms with van der Waals surface area (Å²) in [4.78, 5) is 24.4. The molecule has 0 radical (unpaired) electrons. The Labute approximate surface area is 170 Å². The van der Waals surface area contributed by atoms with Crippen molar-refractivity contribution in [3.05, 3.63) is 65.5 Å². The van der Waals surface area contributed by atoms with Crippen LogP contribution in [0.1, 0.15) is 33.5 Å². The SMILES string of the molecule is CCc1c(C(=O)Nc2cccc(C(=O)OC)c2)nnn1-c1ccc(OC(F)F)cc1. The van der Waals surface area contributed by atoms with E-state index in [9.17, 15) is 18.4 Å². The van der Waals surface area contributed by atoms with Gasteiger partial charge >= 0.3 is 12.6 Å². The number of nitrogens with one attached hydrogen (secondary N) is 1. The van der Waals surface area contributed by atoms with E-state index >= 15 is 0 Å². The molecule has 2 aromatic carbocycles. The maximum Gasteiger partial charge on any atom is 0.387 e. The summed E-state index contributed by atoms with van der Waals surface area (Å²) in [5.41, 5.74) is 1.86. The standard InChI is InChI=1S/C20H18F2N4O4/c1-3-16-17(18(27)23-13-6-4-5-12(11-13)19(28)29-2)24-25-26(16)14-7-9-15(10-8-14)30-20(21)22/h4-11,20H,3H2,1-2H3,(H,23,27). The highest BCUT2D eigenvalue weighted by atomic mass is 19.3. The molecule has 1 heterocycles. The third-order valence-electron chi connectivity index (χ3n) is 4.16. The van der Waals surface area contributed by atoms with Crippen molar-refractivity contribution in [2.45, 2.75) is 20.0 Å². The first-order valence-corrected chi connectivity index (χ1v) is 8.92. The lowest BCUT2D eigenvalue weighted by molar-refractivity contribution is -0.0498. The zero-order valence-corrected chi connectivity index (χ0v) is 16.1. The smallest absolute Gasteiger partial charge is 0.387 e. The van der Waals surface area contributed by atoms with Crippen LogP contribution in [-0.2, 0) is 11.2 Å². The summed E-state index contributed by atoms with van der Waals surface area (Å²) in [6.07, 6.45) is 0.438. The van der Waals surface area contributed by atoms with Gasteiger partial charge in [-0.1, -0.05) is 18.2 Å². The van der Waals surface area contributed by atoms with Crippen LogP contribution in [0.2, 0.25) is 0 Å². The average Bonchev–Trinajstić information content (AvgIpc) is 3.17. The summed E-state index contributed by atoms with van der Waals surface area (Å²) in [6, 6.07) is 12.1. The van der Waals surface area contributed by atoms with Gasteiger partial charge < -0.3 is 14.8 Å². The first-order valence-electron chi connectivity index (χ1n) is 8.92. The predicted molar refractivity (Wildman–Crippen MR) is 103 cm³/mol. The van der Waals surface area contributed by atoms with Gasteiger partial charge in [-0.3, -0.25) is 4.79 Å². The molecule has 0 fully saturated rings. The van der Waals surface area contributed by atoms with Gasteiger partial charge in [-0.05, 0) is 48.9 Å². The van der Waals surface area contributed by atoms with Crippen LogP contribution in [0.3, 0.4) is 0 Å². The van der Waals surface area contributed by atoms with Crippen LogP contribution in [0.5, 0.6) is 5.75 Å². The topological polar surface area (TPSA) is 95.3 Å². The molecular weight excluding hydrogens is 398 g/mol. The van der Waals surface area contributed by atoms with Gasteiger partial charge in [0.25, 0.3) is 5.91 Å². The van der Waals surface area contributed by atoms with E-state index in [-0.39, 0.29) is 11.4 Å². The lowest BCUT2D eigenvalue weighted by atomic mass is 10.2. The number of rotatable bonds is 7. The summed E-state index contributed by atoms with van der Waals surface area (Å²) in [7, 11) is 1.27. The Hall–Kier alpha value is -3.82. The highest BCUT2D eigenvalue weighted by molar-refractivity contribution is 6.04. The van der Waals surface area contributed by atoms with Gasteiger partial charge in [0.1, 0.15) is 5.75 Å². The van der Waals surface area contributed by atoms with Crippen molar-refractivity contribution in [3.63, 3.8) is 0 Å². The Kier molecular flexibility index (Phi) is 6.35. The third-order valence-corrected chi connectivity index (χ3v) is 4.16. The number of nitrogens with zero attached hydrogens (tertiary/aromatic N) is 3. The largest absolute Gasteiger partial charge is 0.465 e. The number of esters is 1. The average molecular weight is 416 g/mol. The lowest BCUT2D eigenvalue weighted by Gasteiger charge is -2.09. The zero-order chi connectivity index (χ0) is 21.7. The number of carbonyl (C=O) groups is 2. The van der Waals surface area contributed by atoms with Gasteiger partial charge in [-0.25, -0.2) is 9.48 Å². The highest BCUT2D eigenvalue weighted by Crippen LogP contribution is 2.20. The molecule has 0 aliphatic carbocycles. The van der Waals surface area contributed by atoms with Crippen LogP contribution in [0.25, 0.3) is 5.69 Å². The Bertz CT molecular complexity index is 1050. The first kappa shape index (κ1) is 20.9. The van der Waals surface area contributed by atoms with Gasteiger partial charge in [-0.2, -0.15) is 8.78 Å². The van der Waals surface area contributed by atoms with Crippen molar-refractivity contribution in [2.75, 3.05) is 12.4 Å². The van der Waals surface area contributed by atoms with E-state index in [0.717, 1.165) is 0 Å². The summed E-state index contributed by atoms with van der Waals surface area (Å²) in [5.74, 6) is -1.02. The first-order chi connectivity index (χ1) is 14.4. The minimum absolute atomic E-state index is 0.00960. The Balaban J connectivity index is 1.83. The van der Waals surface area contributed by atoms with Crippen LogP contribution in [0.4, 0.5) is 14.5 Å². The molecule has 8 nitrogen and oxygen atoms in total. The Morgan fingerprint density at radius 1 is 1.17 bits per heavy atom. The van der Waals surface area contributed by atoms with Crippen LogP contribution < -0.4 is 10.1 Å². The number of hydrogen-bond acceptors (Lipinski definition) is 6. The number of halogens is 2. The number of benzene rings is 2. The fraction of sp³-hybridized carbons (Fsp3) is 0.200. The van der Waals surface area contributed by atoms with Gasteiger partial charge in [0.2, 0.25) is 0 Å². The molecule has 1 aromatic heterocycles. The number of amides is 1. The number of aromatic nitrogens is 3. The molecule has 0 aliphatic heterocycles. The molecule has 10 heteroatoms.